The van der Waals surface area contributed by atoms with Gasteiger partial charge in [-0.3, -0.25) is 4.90 Å². The van der Waals surface area contributed by atoms with Gasteiger partial charge in [-0.1, -0.05) is 73.7 Å². The Morgan fingerprint density at radius 2 is 1.67 bits per heavy atom. The van der Waals surface area contributed by atoms with Crippen molar-refractivity contribution in [3.63, 3.8) is 0 Å². The fourth-order valence-electron chi connectivity index (χ4n) is 7.44. The van der Waals surface area contributed by atoms with Gasteiger partial charge in [-0.2, -0.15) is 0 Å². The number of urea groups is 1. The molecule has 6 unspecified atom stereocenters. The quantitative estimate of drug-likeness (QED) is 0.219. The van der Waals surface area contributed by atoms with Crippen molar-refractivity contribution in [1.82, 2.24) is 15.1 Å². The number of benzene rings is 3. The van der Waals surface area contributed by atoms with Crippen molar-refractivity contribution in [2.75, 3.05) is 45.2 Å². The number of aliphatic hydroxyl groups is 1. The zero-order valence-electron chi connectivity index (χ0n) is 28.6. The van der Waals surface area contributed by atoms with Gasteiger partial charge in [-0.25, -0.2) is 9.59 Å². The van der Waals surface area contributed by atoms with Crippen LogP contribution in [-0.4, -0.2) is 84.9 Å². The molecule has 0 aliphatic carbocycles. The number of methoxy groups -OCH3 is 1. The standard InChI is InChI=1S/C39H50N4O6/c1-27-35(25-43-21-9-14-33(43)24-42-19-6-7-20-42)48-38(49-36(27)30-17-15-29(26-44)16-18-30)31-12-8-13-32(23-31)40-39(46)41-34(37(45)47-2)22-28-10-4-3-5-11-28/h3-5,8,10-13,15-18,23,27,33-36,38,44H,6-7,9,14,19-22,24-26H2,1-2H3,(H2,40,41,46). The van der Waals surface area contributed by atoms with E-state index in [0.717, 1.165) is 41.9 Å². The predicted molar refractivity (Wildman–Crippen MR) is 188 cm³/mol. The van der Waals surface area contributed by atoms with E-state index in [0.29, 0.717) is 18.2 Å². The number of likely N-dealkylation sites (tertiary alicyclic amines) is 2. The Kier molecular flexibility index (Phi) is 12.0. The van der Waals surface area contributed by atoms with Crippen LogP contribution in [0.25, 0.3) is 0 Å². The molecule has 6 rings (SSSR count). The van der Waals surface area contributed by atoms with Gasteiger partial charge in [0.15, 0.2) is 6.29 Å². The molecule has 0 bridgehead atoms. The minimum absolute atomic E-state index is 0.0108. The van der Waals surface area contributed by atoms with Crippen molar-refractivity contribution in [3.8, 4) is 0 Å². The minimum Gasteiger partial charge on any atom is -0.467 e. The molecule has 0 radical (unpaired) electrons. The maximum atomic E-state index is 13.1. The van der Waals surface area contributed by atoms with E-state index in [9.17, 15) is 14.7 Å². The van der Waals surface area contributed by atoms with E-state index in [1.54, 1.807) is 6.07 Å². The first-order valence-electron chi connectivity index (χ1n) is 17.7. The first-order valence-corrected chi connectivity index (χ1v) is 17.7. The molecule has 2 amide bonds. The number of carbonyl (C=O) groups excluding carboxylic acids is 2. The monoisotopic (exact) mass is 670 g/mol. The number of hydrogen-bond donors (Lipinski definition) is 3. The zero-order chi connectivity index (χ0) is 34.2. The number of nitrogens with zero attached hydrogens (tertiary/aromatic N) is 2. The summed E-state index contributed by atoms with van der Waals surface area (Å²) in [5.41, 5.74) is 4.14. The lowest BCUT2D eigenvalue weighted by molar-refractivity contribution is -0.276. The summed E-state index contributed by atoms with van der Waals surface area (Å²) < 4.78 is 18.5. The molecule has 3 aromatic rings. The number of ether oxygens (including phenoxy) is 3. The highest BCUT2D eigenvalue weighted by atomic mass is 16.7. The van der Waals surface area contributed by atoms with Crippen LogP contribution in [0.5, 0.6) is 0 Å². The van der Waals surface area contributed by atoms with Crippen LogP contribution < -0.4 is 10.6 Å². The number of amides is 2. The molecule has 10 nitrogen and oxygen atoms in total. The number of nitrogens with one attached hydrogen (secondary N) is 2. The Balaban J connectivity index is 1.18. The fraction of sp³-hybridized carbons (Fsp3) is 0.487. The summed E-state index contributed by atoms with van der Waals surface area (Å²) in [5.74, 6) is -0.438. The van der Waals surface area contributed by atoms with Crippen molar-refractivity contribution in [3.05, 3.63) is 101 Å². The molecule has 262 valence electrons. The number of rotatable bonds is 12. The zero-order valence-corrected chi connectivity index (χ0v) is 28.6. The number of esters is 1. The van der Waals surface area contributed by atoms with E-state index in [2.05, 4.69) is 27.4 Å². The SMILES string of the molecule is COC(=O)C(Cc1ccccc1)NC(=O)Nc1cccc(C2OC(CN3CCCC3CN3CCCC3)C(C)C(c3ccc(CO)cc3)O2)c1. The van der Waals surface area contributed by atoms with Gasteiger partial charge in [0.2, 0.25) is 0 Å². The van der Waals surface area contributed by atoms with E-state index in [1.807, 2.05) is 72.8 Å². The van der Waals surface area contributed by atoms with Gasteiger partial charge >= 0.3 is 12.0 Å². The predicted octanol–water partition coefficient (Wildman–Crippen LogP) is 5.44. The van der Waals surface area contributed by atoms with Crippen molar-refractivity contribution >= 4 is 17.7 Å². The van der Waals surface area contributed by atoms with Crippen LogP contribution >= 0.6 is 0 Å². The summed E-state index contributed by atoms with van der Waals surface area (Å²) in [6.45, 7) is 7.59. The highest BCUT2D eigenvalue weighted by molar-refractivity contribution is 5.92. The first-order chi connectivity index (χ1) is 23.9. The smallest absolute Gasteiger partial charge is 0.328 e. The molecule has 0 aromatic heterocycles. The van der Waals surface area contributed by atoms with Crippen LogP contribution in [0.15, 0.2) is 78.9 Å². The summed E-state index contributed by atoms with van der Waals surface area (Å²) in [7, 11) is 1.31. The van der Waals surface area contributed by atoms with Gasteiger partial charge in [-0.15, -0.1) is 0 Å². The van der Waals surface area contributed by atoms with Crippen LogP contribution in [0, 0.1) is 5.92 Å². The van der Waals surface area contributed by atoms with Crippen molar-refractivity contribution < 1.29 is 28.9 Å². The summed E-state index contributed by atoms with van der Waals surface area (Å²) in [4.78, 5) is 30.9. The second-order valence-corrected chi connectivity index (χ2v) is 13.6. The molecule has 3 N–H and O–H groups in total. The van der Waals surface area contributed by atoms with Crippen molar-refractivity contribution in [2.24, 2.45) is 5.92 Å². The average Bonchev–Trinajstić information content (AvgIpc) is 3.81. The van der Waals surface area contributed by atoms with Crippen molar-refractivity contribution in [2.45, 2.75) is 76.2 Å². The number of carbonyl (C=O) groups is 2. The highest BCUT2D eigenvalue weighted by Gasteiger charge is 2.41. The molecule has 3 aliphatic heterocycles. The summed E-state index contributed by atoms with van der Waals surface area (Å²) in [6, 6.07) is 24.1. The second kappa shape index (κ2) is 16.7. The molecular weight excluding hydrogens is 620 g/mol. The van der Waals surface area contributed by atoms with Crippen molar-refractivity contribution in [1.29, 1.82) is 0 Å². The molecule has 3 fully saturated rings. The highest BCUT2D eigenvalue weighted by Crippen LogP contribution is 2.42. The van der Waals surface area contributed by atoms with E-state index >= 15 is 0 Å². The maximum absolute atomic E-state index is 13.1. The van der Waals surface area contributed by atoms with Gasteiger partial charge < -0.3 is 34.9 Å². The molecule has 49 heavy (non-hydrogen) atoms. The van der Waals surface area contributed by atoms with Crippen LogP contribution in [-0.2, 0) is 32.0 Å². The molecule has 3 heterocycles. The number of anilines is 1. The van der Waals surface area contributed by atoms with Gasteiger partial charge in [0.25, 0.3) is 0 Å². The molecule has 0 saturated carbocycles. The third-order valence-electron chi connectivity index (χ3n) is 10.2. The first kappa shape index (κ1) is 35.0. The second-order valence-electron chi connectivity index (χ2n) is 13.6. The minimum atomic E-state index is -0.847. The average molecular weight is 671 g/mol. The molecule has 10 heteroatoms. The maximum Gasteiger partial charge on any atom is 0.328 e. The summed E-state index contributed by atoms with van der Waals surface area (Å²) in [5, 5.41) is 15.3. The lowest BCUT2D eigenvalue weighted by Gasteiger charge is -2.43. The topological polar surface area (TPSA) is 113 Å². The normalized spacial score (nSPS) is 25.2. The van der Waals surface area contributed by atoms with E-state index in [1.165, 1.54) is 45.9 Å². The lowest BCUT2D eigenvalue weighted by Crippen LogP contribution is -2.48. The largest absolute Gasteiger partial charge is 0.467 e. The van der Waals surface area contributed by atoms with E-state index < -0.39 is 24.3 Å². The number of hydrogen-bond acceptors (Lipinski definition) is 8. The Morgan fingerprint density at radius 1 is 0.898 bits per heavy atom. The van der Waals surface area contributed by atoms with Gasteiger partial charge in [-0.05, 0) is 74.1 Å². The van der Waals surface area contributed by atoms with Crippen LogP contribution in [0.2, 0.25) is 0 Å². The van der Waals surface area contributed by atoms with Crippen LogP contribution in [0.3, 0.4) is 0 Å². The number of aliphatic hydroxyl groups excluding tert-OH is 1. The lowest BCUT2D eigenvalue weighted by atomic mass is 9.90. The Morgan fingerprint density at radius 3 is 2.41 bits per heavy atom. The molecule has 6 atom stereocenters. The molecule has 3 saturated heterocycles. The molecule has 3 aliphatic rings. The van der Waals surface area contributed by atoms with Gasteiger partial charge in [0, 0.05) is 42.7 Å². The summed E-state index contributed by atoms with van der Waals surface area (Å²) >= 11 is 0. The summed E-state index contributed by atoms with van der Waals surface area (Å²) in [6.07, 6.45) is 4.33. The van der Waals surface area contributed by atoms with Gasteiger partial charge in [0.1, 0.15) is 6.04 Å². The Labute approximate surface area is 289 Å². The van der Waals surface area contributed by atoms with Gasteiger partial charge in [0.05, 0.1) is 25.9 Å². The molecule has 0 spiro atoms. The third kappa shape index (κ3) is 9.06. The third-order valence-corrected chi connectivity index (χ3v) is 10.2. The Hall–Kier alpha value is -3.80. The van der Waals surface area contributed by atoms with E-state index in [-0.39, 0.29) is 24.7 Å². The molecular formula is C39H50N4O6. The fourth-order valence-corrected chi connectivity index (χ4v) is 7.44. The van der Waals surface area contributed by atoms with Crippen LogP contribution in [0.1, 0.15) is 67.3 Å². The Bertz CT molecular complexity index is 1520. The van der Waals surface area contributed by atoms with E-state index in [4.69, 9.17) is 14.2 Å². The molecule has 3 aromatic carbocycles. The van der Waals surface area contributed by atoms with Crippen LogP contribution in [0.4, 0.5) is 10.5 Å².